The highest BCUT2D eigenvalue weighted by molar-refractivity contribution is 7.99. The van der Waals surface area contributed by atoms with Gasteiger partial charge in [-0.1, -0.05) is 59.9 Å². The first kappa shape index (κ1) is 25.9. The molecule has 0 saturated heterocycles. The minimum absolute atomic E-state index is 0.0308. The third-order valence-corrected chi connectivity index (χ3v) is 6.72. The number of nitrogens with zero attached hydrogens (tertiary/aromatic N) is 1. The Bertz CT molecular complexity index is 910. The molecule has 0 fully saturated rings. The van der Waals surface area contributed by atoms with Crippen LogP contribution in [0, 0.1) is 0 Å². The van der Waals surface area contributed by atoms with Crippen LogP contribution in [0.3, 0.4) is 0 Å². The maximum Gasteiger partial charge on any atom is 0.242 e. The molecule has 2 amide bonds. The molecule has 8 heteroatoms. The van der Waals surface area contributed by atoms with Gasteiger partial charge < -0.3 is 10.2 Å². The molecule has 4 nitrogen and oxygen atoms in total. The Morgan fingerprint density at radius 1 is 1.06 bits per heavy atom. The number of carbonyl (C=O) groups is 2. The third-order valence-electron chi connectivity index (χ3n) is 4.91. The smallest absolute Gasteiger partial charge is 0.242 e. The van der Waals surface area contributed by atoms with Gasteiger partial charge in [-0.3, -0.25) is 9.59 Å². The SMILES string of the molecule is CC[C@@H](C)NC(=O)[C@@H](C)N(Cc1ccc(Cl)cc1Cl)C(=O)CSCc1cccc(Cl)c1. The van der Waals surface area contributed by atoms with E-state index in [1.807, 2.05) is 38.1 Å². The molecule has 2 aromatic rings. The zero-order valence-corrected chi connectivity index (χ0v) is 20.9. The van der Waals surface area contributed by atoms with E-state index < -0.39 is 6.04 Å². The molecule has 0 bridgehead atoms. The molecule has 2 aromatic carbocycles. The van der Waals surface area contributed by atoms with E-state index in [0.717, 1.165) is 17.5 Å². The molecule has 0 unspecified atom stereocenters. The first-order valence-corrected chi connectivity index (χ1v) is 12.4. The van der Waals surface area contributed by atoms with Crippen LogP contribution in [0.2, 0.25) is 15.1 Å². The van der Waals surface area contributed by atoms with Gasteiger partial charge in [-0.05, 0) is 55.7 Å². The molecule has 1 N–H and O–H groups in total. The Morgan fingerprint density at radius 2 is 1.77 bits per heavy atom. The molecule has 2 atom stereocenters. The predicted octanol–water partition coefficient (Wildman–Crippen LogP) is 6.21. The van der Waals surface area contributed by atoms with E-state index in [0.29, 0.717) is 20.8 Å². The Morgan fingerprint density at radius 3 is 2.42 bits per heavy atom. The van der Waals surface area contributed by atoms with Crippen molar-refractivity contribution in [1.29, 1.82) is 0 Å². The van der Waals surface area contributed by atoms with Crippen LogP contribution >= 0.6 is 46.6 Å². The first-order valence-electron chi connectivity index (χ1n) is 10.1. The summed E-state index contributed by atoms with van der Waals surface area (Å²) < 4.78 is 0. The van der Waals surface area contributed by atoms with Gasteiger partial charge in [-0.15, -0.1) is 11.8 Å². The van der Waals surface area contributed by atoms with Crippen molar-refractivity contribution in [1.82, 2.24) is 10.2 Å². The Labute approximate surface area is 203 Å². The van der Waals surface area contributed by atoms with Crippen LogP contribution in [0.15, 0.2) is 42.5 Å². The highest BCUT2D eigenvalue weighted by Gasteiger charge is 2.27. The van der Waals surface area contributed by atoms with Crippen LogP contribution in [-0.4, -0.2) is 34.6 Å². The fourth-order valence-electron chi connectivity index (χ4n) is 2.85. The number of hydrogen-bond donors (Lipinski definition) is 1. The third kappa shape index (κ3) is 8.23. The lowest BCUT2D eigenvalue weighted by atomic mass is 10.1. The van der Waals surface area contributed by atoms with E-state index in [9.17, 15) is 9.59 Å². The van der Waals surface area contributed by atoms with E-state index in [1.165, 1.54) is 11.8 Å². The number of nitrogens with one attached hydrogen (secondary N) is 1. The van der Waals surface area contributed by atoms with Crippen LogP contribution in [-0.2, 0) is 21.9 Å². The van der Waals surface area contributed by atoms with Crippen molar-refractivity contribution in [3.05, 3.63) is 68.7 Å². The topological polar surface area (TPSA) is 49.4 Å². The van der Waals surface area contributed by atoms with Crippen molar-refractivity contribution in [2.75, 3.05) is 5.75 Å². The molecule has 0 aliphatic carbocycles. The highest BCUT2D eigenvalue weighted by atomic mass is 35.5. The minimum atomic E-state index is -0.639. The Balaban J connectivity index is 2.12. The van der Waals surface area contributed by atoms with E-state index >= 15 is 0 Å². The van der Waals surface area contributed by atoms with E-state index in [2.05, 4.69) is 5.32 Å². The first-order chi connectivity index (χ1) is 14.7. The van der Waals surface area contributed by atoms with Crippen molar-refractivity contribution in [3.8, 4) is 0 Å². The van der Waals surface area contributed by atoms with Gasteiger partial charge in [0.1, 0.15) is 6.04 Å². The lowest BCUT2D eigenvalue weighted by Gasteiger charge is -2.30. The van der Waals surface area contributed by atoms with Gasteiger partial charge in [-0.2, -0.15) is 0 Å². The molecule has 0 aliphatic heterocycles. The molecular formula is C23H27Cl3N2O2S. The lowest BCUT2D eigenvalue weighted by molar-refractivity contribution is -0.138. The predicted molar refractivity (Wildman–Crippen MR) is 132 cm³/mol. The monoisotopic (exact) mass is 500 g/mol. The largest absolute Gasteiger partial charge is 0.352 e. The van der Waals surface area contributed by atoms with Gasteiger partial charge >= 0.3 is 0 Å². The highest BCUT2D eigenvalue weighted by Crippen LogP contribution is 2.24. The van der Waals surface area contributed by atoms with Crippen LogP contribution in [0.25, 0.3) is 0 Å². The lowest BCUT2D eigenvalue weighted by Crippen LogP contribution is -2.50. The van der Waals surface area contributed by atoms with Crippen molar-refractivity contribution in [3.63, 3.8) is 0 Å². The van der Waals surface area contributed by atoms with Gasteiger partial charge in [0.25, 0.3) is 0 Å². The summed E-state index contributed by atoms with van der Waals surface area (Å²) in [6, 6.07) is 12.1. The summed E-state index contributed by atoms with van der Waals surface area (Å²) in [5, 5.41) is 4.60. The molecule has 0 aliphatic rings. The van der Waals surface area contributed by atoms with Crippen LogP contribution in [0.5, 0.6) is 0 Å². The van der Waals surface area contributed by atoms with Crippen LogP contribution < -0.4 is 5.32 Å². The normalized spacial score (nSPS) is 12.8. The summed E-state index contributed by atoms with van der Waals surface area (Å²) in [5.41, 5.74) is 1.78. The Hall–Kier alpha value is -1.40. The fourth-order valence-corrected chi connectivity index (χ4v) is 4.39. The molecule has 31 heavy (non-hydrogen) atoms. The van der Waals surface area contributed by atoms with Gasteiger partial charge in [0.15, 0.2) is 0 Å². The Kier molecular flexibility index (Phi) is 10.5. The summed E-state index contributed by atoms with van der Waals surface area (Å²) in [6.07, 6.45) is 0.810. The fraction of sp³-hybridized carbons (Fsp3) is 0.391. The number of halogens is 3. The summed E-state index contributed by atoms with van der Waals surface area (Å²) >= 11 is 19.8. The molecule has 2 rings (SSSR count). The zero-order chi connectivity index (χ0) is 23.0. The maximum atomic E-state index is 13.1. The van der Waals surface area contributed by atoms with Crippen molar-refractivity contribution in [2.24, 2.45) is 0 Å². The molecule has 0 saturated carbocycles. The van der Waals surface area contributed by atoms with E-state index in [4.69, 9.17) is 34.8 Å². The summed E-state index contributed by atoms with van der Waals surface area (Å²) in [6.45, 7) is 5.90. The van der Waals surface area contributed by atoms with Gasteiger partial charge in [0, 0.05) is 33.4 Å². The van der Waals surface area contributed by atoms with E-state index in [-0.39, 0.29) is 30.2 Å². The molecular weight excluding hydrogens is 475 g/mol. The maximum absolute atomic E-state index is 13.1. The van der Waals surface area contributed by atoms with E-state index in [1.54, 1.807) is 30.0 Å². The second-order valence-electron chi connectivity index (χ2n) is 7.37. The standard InChI is InChI=1S/C23H27Cl3N2O2S/c1-4-15(2)27-23(30)16(3)28(12-18-8-9-20(25)11-21(18)26)22(29)14-31-13-17-6-5-7-19(24)10-17/h5-11,15-16H,4,12-14H2,1-3H3,(H,27,30)/t15-,16-/m1/s1. The van der Waals surface area contributed by atoms with Gasteiger partial charge in [0.05, 0.1) is 5.75 Å². The number of benzene rings is 2. The zero-order valence-electron chi connectivity index (χ0n) is 17.8. The molecule has 0 heterocycles. The summed E-state index contributed by atoms with van der Waals surface area (Å²) in [7, 11) is 0. The second-order valence-corrected chi connectivity index (χ2v) is 9.64. The molecule has 0 aromatic heterocycles. The van der Waals surface area contributed by atoms with Crippen molar-refractivity contribution in [2.45, 2.75) is 51.6 Å². The number of amides is 2. The summed E-state index contributed by atoms with van der Waals surface area (Å²) in [4.78, 5) is 27.4. The molecule has 168 valence electrons. The average molecular weight is 502 g/mol. The quantitative estimate of drug-likeness (QED) is 0.421. The second kappa shape index (κ2) is 12.6. The molecule has 0 spiro atoms. The van der Waals surface area contributed by atoms with Gasteiger partial charge in [-0.25, -0.2) is 0 Å². The average Bonchev–Trinajstić information content (AvgIpc) is 2.72. The number of carbonyl (C=O) groups excluding carboxylic acids is 2. The van der Waals surface area contributed by atoms with Crippen LogP contribution in [0.4, 0.5) is 0 Å². The van der Waals surface area contributed by atoms with Crippen molar-refractivity contribution >= 4 is 58.4 Å². The number of thioether (sulfide) groups is 1. The number of rotatable bonds is 10. The summed E-state index contributed by atoms with van der Waals surface area (Å²) in [5.74, 6) is 0.561. The van der Waals surface area contributed by atoms with Crippen LogP contribution in [0.1, 0.15) is 38.3 Å². The number of hydrogen-bond acceptors (Lipinski definition) is 3. The van der Waals surface area contributed by atoms with Crippen molar-refractivity contribution < 1.29 is 9.59 Å². The van der Waals surface area contributed by atoms with Gasteiger partial charge in [0.2, 0.25) is 11.8 Å². The molecule has 0 radical (unpaired) electrons. The minimum Gasteiger partial charge on any atom is -0.352 e.